The second-order valence-electron chi connectivity index (χ2n) is 3.70. The molecule has 1 aromatic carbocycles. The smallest absolute Gasteiger partial charge is 0.336 e. The van der Waals surface area contributed by atoms with Crippen molar-refractivity contribution in [3.05, 3.63) is 28.3 Å². The maximum Gasteiger partial charge on any atom is 0.336 e. The van der Waals surface area contributed by atoms with Gasteiger partial charge in [0.05, 0.1) is 16.2 Å². The third kappa shape index (κ3) is 2.98. The number of aromatic carboxylic acids is 1. The van der Waals surface area contributed by atoms with Crippen molar-refractivity contribution in [1.82, 2.24) is 0 Å². The first-order valence-corrected chi connectivity index (χ1v) is 7.08. The molecule has 0 atom stereocenters. The van der Waals surface area contributed by atoms with Crippen molar-refractivity contribution in [2.75, 3.05) is 5.75 Å². The molecule has 6 heteroatoms. The molecule has 0 saturated heterocycles. The number of carboxylic acid groups (broad SMARTS) is 1. The number of halogens is 1. The van der Waals surface area contributed by atoms with E-state index in [2.05, 4.69) is 0 Å². The first-order chi connectivity index (χ1) is 7.79. The normalized spacial score (nSPS) is 11.5. The van der Waals surface area contributed by atoms with E-state index in [9.17, 15) is 13.2 Å². The monoisotopic (exact) mass is 276 g/mol. The van der Waals surface area contributed by atoms with Crippen molar-refractivity contribution < 1.29 is 18.3 Å². The van der Waals surface area contributed by atoms with Gasteiger partial charge in [0.1, 0.15) is 0 Å². The third-order valence-corrected chi connectivity index (χ3v) is 4.62. The molecule has 4 nitrogen and oxygen atoms in total. The number of hydrogen-bond acceptors (Lipinski definition) is 3. The van der Waals surface area contributed by atoms with Gasteiger partial charge in [0.2, 0.25) is 0 Å². The first-order valence-electron chi connectivity index (χ1n) is 5.05. The van der Waals surface area contributed by atoms with Gasteiger partial charge < -0.3 is 5.11 Å². The van der Waals surface area contributed by atoms with E-state index in [4.69, 9.17) is 16.7 Å². The van der Waals surface area contributed by atoms with Gasteiger partial charge in [-0.1, -0.05) is 18.5 Å². The molecule has 1 N–H and O–H groups in total. The van der Waals surface area contributed by atoms with Crippen LogP contribution in [-0.2, 0) is 9.84 Å². The first kappa shape index (κ1) is 14.0. The maximum atomic E-state index is 11.9. The second-order valence-corrected chi connectivity index (χ2v) is 6.21. The van der Waals surface area contributed by atoms with Crippen LogP contribution in [0.1, 0.15) is 29.3 Å². The molecule has 0 bridgehead atoms. The number of carboxylic acids is 1. The van der Waals surface area contributed by atoms with Crippen LogP contribution in [0.15, 0.2) is 17.0 Å². The largest absolute Gasteiger partial charge is 0.478 e. The molecular weight excluding hydrogens is 264 g/mol. The molecule has 0 aliphatic carbocycles. The Kier molecular flexibility index (Phi) is 4.16. The molecule has 1 aromatic rings. The highest BCUT2D eigenvalue weighted by Gasteiger charge is 2.21. The number of carbonyl (C=O) groups is 1. The third-order valence-electron chi connectivity index (χ3n) is 2.36. The Labute approximate surface area is 105 Å². The van der Waals surface area contributed by atoms with E-state index in [1.54, 1.807) is 6.92 Å². The van der Waals surface area contributed by atoms with Gasteiger partial charge in [-0.2, -0.15) is 0 Å². The van der Waals surface area contributed by atoms with Crippen LogP contribution in [0.5, 0.6) is 0 Å². The van der Waals surface area contributed by atoms with Crippen LogP contribution in [0.2, 0.25) is 5.02 Å². The Balaban J connectivity index is 3.50. The summed E-state index contributed by atoms with van der Waals surface area (Å²) in [6.07, 6.45) is 0.469. The summed E-state index contributed by atoms with van der Waals surface area (Å²) in [7, 11) is -3.47. The fourth-order valence-electron chi connectivity index (χ4n) is 1.58. The Morgan fingerprint density at radius 2 is 2.00 bits per heavy atom. The fourth-order valence-corrected chi connectivity index (χ4v) is 3.50. The highest BCUT2D eigenvalue weighted by molar-refractivity contribution is 7.91. The Bertz CT molecular complexity index is 549. The van der Waals surface area contributed by atoms with Crippen LogP contribution in [0.4, 0.5) is 0 Å². The quantitative estimate of drug-likeness (QED) is 0.917. The molecule has 0 fully saturated rings. The minimum absolute atomic E-state index is 0.00394. The van der Waals surface area contributed by atoms with Crippen molar-refractivity contribution in [2.45, 2.75) is 25.2 Å². The summed E-state index contributed by atoms with van der Waals surface area (Å²) in [6, 6.07) is 2.55. The zero-order chi connectivity index (χ0) is 13.2. The van der Waals surface area contributed by atoms with E-state index in [0.717, 1.165) is 0 Å². The standard InChI is InChI=1S/C11H13ClO4S/c1-3-4-17(15,16)10-6-8(12)5-9(7(10)2)11(13)14/h5-6H,3-4H2,1-2H3,(H,13,14). The predicted molar refractivity (Wildman–Crippen MR) is 65.5 cm³/mol. The minimum atomic E-state index is -3.47. The Morgan fingerprint density at radius 1 is 1.41 bits per heavy atom. The van der Waals surface area contributed by atoms with Gasteiger partial charge in [0, 0.05) is 5.02 Å². The Morgan fingerprint density at radius 3 is 2.47 bits per heavy atom. The lowest BCUT2D eigenvalue weighted by Crippen LogP contribution is -2.11. The SMILES string of the molecule is CCCS(=O)(=O)c1cc(Cl)cc(C(=O)O)c1C. The van der Waals surface area contributed by atoms with Gasteiger partial charge in [-0.25, -0.2) is 13.2 Å². The van der Waals surface area contributed by atoms with E-state index in [1.807, 2.05) is 0 Å². The van der Waals surface area contributed by atoms with Crippen molar-refractivity contribution in [1.29, 1.82) is 0 Å². The summed E-state index contributed by atoms with van der Waals surface area (Å²) in [5.74, 6) is -1.20. The fraction of sp³-hybridized carbons (Fsp3) is 0.364. The molecule has 0 heterocycles. The van der Waals surface area contributed by atoms with Crippen LogP contribution >= 0.6 is 11.6 Å². The van der Waals surface area contributed by atoms with Crippen LogP contribution in [-0.4, -0.2) is 25.2 Å². The molecule has 0 radical (unpaired) electrons. The summed E-state index contributed by atoms with van der Waals surface area (Å²) in [5, 5.41) is 9.07. The lowest BCUT2D eigenvalue weighted by atomic mass is 10.1. The van der Waals surface area contributed by atoms with Crippen LogP contribution in [0.25, 0.3) is 0 Å². The second kappa shape index (κ2) is 5.06. The van der Waals surface area contributed by atoms with E-state index < -0.39 is 15.8 Å². The molecule has 94 valence electrons. The van der Waals surface area contributed by atoms with Crippen molar-refractivity contribution in [2.24, 2.45) is 0 Å². The molecule has 0 amide bonds. The average Bonchev–Trinajstić information content (AvgIpc) is 2.20. The summed E-state index contributed by atoms with van der Waals surface area (Å²) in [4.78, 5) is 11.0. The van der Waals surface area contributed by atoms with Crippen LogP contribution in [0.3, 0.4) is 0 Å². The zero-order valence-electron chi connectivity index (χ0n) is 9.53. The van der Waals surface area contributed by atoms with Crippen molar-refractivity contribution >= 4 is 27.4 Å². The van der Waals surface area contributed by atoms with Gasteiger partial charge in [0.25, 0.3) is 0 Å². The van der Waals surface area contributed by atoms with Crippen LogP contribution < -0.4 is 0 Å². The maximum absolute atomic E-state index is 11.9. The molecule has 0 aliphatic rings. The lowest BCUT2D eigenvalue weighted by Gasteiger charge is -2.10. The molecule has 0 unspecified atom stereocenters. The molecular formula is C11H13ClO4S. The number of sulfone groups is 1. The molecule has 0 saturated carbocycles. The number of rotatable bonds is 4. The molecule has 0 spiro atoms. The van der Waals surface area contributed by atoms with E-state index in [-0.39, 0.29) is 26.8 Å². The zero-order valence-corrected chi connectivity index (χ0v) is 11.1. The summed E-state index contributed by atoms with van der Waals surface area (Å²) >= 11 is 5.74. The minimum Gasteiger partial charge on any atom is -0.478 e. The van der Waals surface area contributed by atoms with E-state index in [0.29, 0.717) is 6.42 Å². The summed E-state index contributed by atoms with van der Waals surface area (Å²) in [5.41, 5.74) is 0.155. The van der Waals surface area contributed by atoms with Gasteiger partial charge in [0.15, 0.2) is 9.84 Å². The van der Waals surface area contributed by atoms with Crippen LogP contribution in [0, 0.1) is 6.92 Å². The number of benzene rings is 1. The van der Waals surface area contributed by atoms with Gasteiger partial charge in [-0.05, 0) is 31.0 Å². The average molecular weight is 277 g/mol. The van der Waals surface area contributed by atoms with E-state index in [1.165, 1.54) is 19.1 Å². The summed E-state index contributed by atoms with van der Waals surface area (Å²) < 4.78 is 23.9. The molecule has 1 rings (SSSR count). The highest BCUT2D eigenvalue weighted by atomic mass is 35.5. The summed E-state index contributed by atoms with van der Waals surface area (Å²) in [6.45, 7) is 3.22. The Hall–Kier alpha value is -1.07. The molecule has 17 heavy (non-hydrogen) atoms. The topological polar surface area (TPSA) is 71.4 Å². The van der Waals surface area contributed by atoms with Crippen molar-refractivity contribution in [3.63, 3.8) is 0 Å². The van der Waals surface area contributed by atoms with Gasteiger partial charge >= 0.3 is 5.97 Å². The van der Waals surface area contributed by atoms with Crippen molar-refractivity contribution in [3.8, 4) is 0 Å². The molecule has 0 aliphatic heterocycles. The van der Waals surface area contributed by atoms with Gasteiger partial charge in [-0.3, -0.25) is 0 Å². The van der Waals surface area contributed by atoms with E-state index >= 15 is 0 Å². The van der Waals surface area contributed by atoms with Gasteiger partial charge in [-0.15, -0.1) is 0 Å². The predicted octanol–water partition coefficient (Wildman–Crippen LogP) is 2.53. The lowest BCUT2D eigenvalue weighted by molar-refractivity contribution is 0.0696. The highest BCUT2D eigenvalue weighted by Crippen LogP contribution is 2.25. The number of hydrogen-bond donors (Lipinski definition) is 1. The molecule has 0 aromatic heterocycles.